The van der Waals surface area contributed by atoms with Crippen LogP contribution in [-0.2, 0) is 11.2 Å². The fourth-order valence-corrected chi connectivity index (χ4v) is 3.91. The summed E-state index contributed by atoms with van der Waals surface area (Å²) in [6, 6.07) is 5.90. The van der Waals surface area contributed by atoms with Crippen LogP contribution < -0.4 is 5.73 Å². The number of aryl methyl sites for hydroxylation is 1. The van der Waals surface area contributed by atoms with Crippen LogP contribution in [0.25, 0.3) is 0 Å². The number of ether oxygens (including phenoxy) is 1. The molecule has 0 aliphatic carbocycles. The fraction of sp³-hybridized carbons (Fsp3) is 0.474. The Bertz CT molecular complexity index is 729. The first-order valence-electron chi connectivity index (χ1n) is 8.72. The first-order chi connectivity index (χ1) is 12.0. The van der Waals surface area contributed by atoms with Crippen LogP contribution >= 0.6 is 11.3 Å². The summed E-state index contributed by atoms with van der Waals surface area (Å²) in [6.07, 6.45) is 3.53. The number of carbonyl (C=O) groups excluding carboxylic acids is 1. The molecule has 1 aliphatic rings. The molecule has 3 rings (SSSR count). The van der Waals surface area contributed by atoms with Crippen molar-refractivity contribution in [2.75, 3.05) is 25.4 Å². The Labute approximate surface area is 152 Å². The van der Waals surface area contributed by atoms with Crippen molar-refractivity contribution in [1.29, 1.82) is 0 Å². The third-order valence-electron chi connectivity index (χ3n) is 4.46. The molecule has 0 bridgehead atoms. The first kappa shape index (κ1) is 17.9. The molecule has 1 amide bonds. The molecule has 1 atom stereocenters. The van der Waals surface area contributed by atoms with Crippen molar-refractivity contribution in [3.05, 3.63) is 45.8 Å². The minimum absolute atomic E-state index is 0.0651. The fourth-order valence-electron chi connectivity index (χ4n) is 3.01. The van der Waals surface area contributed by atoms with Crippen LogP contribution in [0.1, 0.15) is 47.0 Å². The molecular formula is C19H25N3O2S. The van der Waals surface area contributed by atoms with E-state index in [9.17, 15) is 4.79 Å². The van der Waals surface area contributed by atoms with Gasteiger partial charge in [-0.05, 0) is 42.5 Å². The molecule has 5 nitrogen and oxygen atoms in total. The van der Waals surface area contributed by atoms with Crippen molar-refractivity contribution < 1.29 is 9.53 Å². The monoisotopic (exact) mass is 359 g/mol. The molecule has 6 heteroatoms. The third kappa shape index (κ3) is 4.58. The zero-order chi connectivity index (χ0) is 17.8. The molecule has 0 aromatic carbocycles. The van der Waals surface area contributed by atoms with Crippen molar-refractivity contribution >= 4 is 23.1 Å². The number of hydrogen-bond acceptors (Lipinski definition) is 5. The van der Waals surface area contributed by atoms with Gasteiger partial charge in [0.2, 0.25) is 0 Å². The maximum absolute atomic E-state index is 12.8. The zero-order valence-corrected chi connectivity index (χ0v) is 15.6. The van der Waals surface area contributed by atoms with Gasteiger partial charge in [-0.3, -0.25) is 4.79 Å². The summed E-state index contributed by atoms with van der Waals surface area (Å²) in [5.74, 6) is 1.11. The number of hydrogen-bond donors (Lipinski definition) is 1. The second kappa shape index (κ2) is 7.97. The van der Waals surface area contributed by atoms with Crippen molar-refractivity contribution in [1.82, 2.24) is 9.88 Å². The number of aromatic nitrogens is 1. The highest BCUT2D eigenvalue weighted by molar-refractivity contribution is 7.10. The van der Waals surface area contributed by atoms with Crippen LogP contribution in [0, 0.1) is 0 Å². The van der Waals surface area contributed by atoms with E-state index in [1.165, 1.54) is 4.88 Å². The maximum Gasteiger partial charge on any atom is 0.254 e. The van der Waals surface area contributed by atoms with Gasteiger partial charge in [-0.15, -0.1) is 11.3 Å². The lowest BCUT2D eigenvalue weighted by atomic mass is 10.1. The van der Waals surface area contributed by atoms with Crippen LogP contribution in [0.5, 0.6) is 0 Å². The van der Waals surface area contributed by atoms with Gasteiger partial charge in [0.15, 0.2) is 0 Å². The molecule has 25 heavy (non-hydrogen) atoms. The lowest BCUT2D eigenvalue weighted by molar-refractivity contribution is -0.0245. The lowest BCUT2D eigenvalue weighted by Crippen LogP contribution is -2.45. The van der Waals surface area contributed by atoms with Crippen molar-refractivity contribution in [3.8, 4) is 0 Å². The quantitative estimate of drug-likeness (QED) is 0.889. The molecule has 2 aromatic rings. The summed E-state index contributed by atoms with van der Waals surface area (Å²) in [5.41, 5.74) is 7.68. The predicted octanol–water partition coefficient (Wildman–Crippen LogP) is 3.32. The van der Waals surface area contributed by atoms with Gasteiger partial charge >= 0.3 is 0 Å². The number of pyridine rings is 1. The van der Waals surface area contributed by atoms with E-state index in [0.717, 1.165) is 24.0 Å². The van der Waals surface area contributed by atoms with E-state index in [1.54, 1.807) is 17.5 Å². The van der Waals surface area contributed by atoms with Gasteiger partial charge in [-0.1, -0.05) is 13.8 Å². The minimum atomic E-state index is 0.0651. The number of nitrogen functional groups attached to an aromatic ring is 1. The number of carbonyl (C=O) groups is 1. The van der Waals surface area contributed by atoms with Gasteiger partial charge in [0.1, 0.15) is 5.82 Å². The van der Waals surface area contributed by atoms with Crippen LogP contribution in [0.3, 0.4) is 0 Å². The first-order valence-corrected chi connectivity index (χ1v) is 9.60. The molecule has 1 fully saturated rings. The summed E-state index contributed by atoms with van der Waals surface area (Å²) in [4.78, 5) is 19.9. The number of nitrogens with zero attached hydrogens (tertiary/aromatic N) is 2. The Morgan fingerprint density at radius 1 is 1.48 bits per heavy atom. The highest BCUT2D eigenvalue weighted by Gasteiger charge is 2.25. The molecule has 134 valence electrons. The van der Waals surface area contributed by atoms with Gasteiger partial charge in [-0.2, -0.15) is 0 Å². The molecule has 1 aliphatic heterocycles. The van der Waals surface area contributed by atoms with E-state index in [1.807, 2.05) is 28.5 Å². The zero-order valence-electron chi connectivity index (χ0n) is 14.8. The molecular weight excluding hydrogens is 334 g/mol. The van der Waals surface area contributed by atoms with E-state index in [2.05, 4.69) is 18.8 Å². The van der Waals surface area contributed by atoms with E-state index in [0.29, 0.717) is 31.4 Å². The second-order valence-electron chi connectivity index (χ2n) is 6.76. The lowest BCUT2D eigenvalue weighted by Gasteiger charge is -2.33. The van der Waals surface area contributed by atoms with Gasteiger partial charge < -0.3 is 15.4 Å². The maximum atomic E-state index is 12.8. The summed E-state index contributed by atoms with van der Waals surface area (Å²) in [7, 11) is 0. The standard InChI is InChI=1S/C19H25N3O2S/c1-13(2)17-10-15(12-25-17)19(23)22-7-8-24-16(11-22)4-3-14-5-6-21-18(20)9-14/h5-6,9-10,12-13,16H,3-4,7-8,11H2,1-2H3,(H2,20,21). The van der Waals surface area contributed by atoms with E-state index in [-0.39, 0.29) is 12.0 Å². The molecule has 2 aromatic heterocycles. The van der Waals surface area contributed by atoms with Crippen molar-refractivity contribution in [3.63, 3.8) is 0 Å². The molecule has 0 radical (unpaired) electrons. The van der Waals surface area contributed by atoms with Gasteiger partial charge in [0, 0.05) is 29.5 Å². The summed E-state index contributed by atoms with van der Waals surface area (Å²) >= 11 is 1.66. The number of anilines is 1. The number of rotatable bonds is 5. The number of thiophene rings is 1. The molecule has 0 spiro atoms. The van der Waals surface area contributed by atoms with Crippen LogP contribution in [0.4, 0.5) is 5.82 Å². The average Bonchev–Trinajstić information content (AvgIpc) is 3.10. The topological polar surface area (TPSA) is 68.5 Å². The normalized spacial score (nSPS) is 17.9. The highest BCUT2D eigenvalue weighted by Crippen LogP contribution is 2.24. The molecule has 0 saturated carbocycles. The summed E-state index contributed by atoms with van der Waals surface area (Å²) in [6.45, 7) is 6.19. The SMILES string of the molecule is CC(C)c1cc(C(=O)N2CCOC(CCc3ccnc(N)c3)C2)cs1. The average molecular weight is 359 g/mol. The third-order valence-corrected chi connectivity index (χ3v) is 5.70. The Hall–Kier alpha value is -1.92. The molecule has 2 N–H and O–H groups in total. The van der Waals surface area contributed by atoms with Crippen LogP contribution in [0.15, 0.2) is 29.8 Å². The Kier molecular flexibility index (Phi) is 5.71. The number of nitrogens with two attached hydrogens (primary N) is 1. The van der Waals surface area contributed by atoms with E-state index >= 15 is 0 Å². The summed E-state index contributed by atoms with van der Waals surface area (Å²) < 4.78 is 5.85. The van der Waals surface area contributed by atoms with E-state index in [4.69, 9.17) is 10.5 Å². The smallest absolute Gasteiger partial charge is 0.254 e. The molecule has 1 saturated heterocycles. The minimum Gasteiger partial charge on any atom is -0.384 e. The number of morpholine rings is 1. The molecule has 3 heterocycles. The van der Waals surface area contributed by atoms with Crippen LogP contribution in [0.2, 0.25) is 0 Å². The highest BCUT2D eigenvalue weighted by atomic mass is 32.1. The Morgan fingerprint density at radius 3 is 3.04 bits per heavy atom. The Morgan fingerprint density at radius 2 is 2.32 bits per heavy atom. The van der Waals surface area contributed by atoms with Gasteiger partial charge in [0.25, 0.3) is 5.91 Å². The summed E-state index contributed by atoms with van der Waals surface area (Å²) in [5, 5.41) is 1.97. The van der Waals surface area contributed by atoms with Gasteiger partial charge in [-0.25, -0.2) is 4.98 Å². The van der Waals surface area contributed by atoms with Crippen molar-refractivity contribution in [2.24, 2.45) is 0 Å². The van der Waals surface area contributed by atoms with Gasteiger partial charge in [0.05, 0.1) is 18.3 Å². The van der Waals surface area contributed by atoms with Crippen LogP contribution in [-0.4, -0.2) is 41.6 Å². The second-order valence-corrected chi connectivity index (χ2v) is 7.71. The van der Waals surface area contributed by atoms with E-state index < -0.39 is 0 Å². The predicted molar refractivity (Wildman–Crippen MR) is 101 cm³/mol. The molecule has 1 unspecified atom stereocenters. The van der Waals surface area contributed by atoms with Crippen molar-refractivity contribution in [2.45, 2.75) is 38.7 Å². The Balaban J connectivity index is 1.57. The largest absolute Gasteiger partial charge is 0.384 e. The number of amides is 1.